The average molecular weight is 712 g/mol. The highest BCUT2D eigenvalue weighted by molar-refractivity contribution is 5.93. The fourth-order valence-electron chi connectivity index (χ4n) is 10.5. The van der Waals surface area contributed by atoms with Crippen LogP contribution in [0.4, 0.5) is 17.1 Å². The Bertz CT molecular complexity index is 2590. The van der Waals surface area contributed by atoms with Crippen LogP contribution >= 0.6 is 0 Å². The molecule has 0 radical (unpaired) electrons. The lowest BCUT2D eigenvalue weighted by Gasteiger charge is -2.30. The molecule has 0 saturated heterocycles. The van der Waals surface area contributed by atoms with E-state index in [0.29, 0.717) is 0 Å². The van der Waals surface area contributed by atoms with Crippen LogP contribution in [-0.4, -0.2) is 0 Å². The van der Waals surface area contributed by atoms with Gasteiger partial charge in [-0.15, -0.1) is 0 Å². The van der Waals surface area contributed by atoms with E-state index in [9.17, 15) is 0 Å². The van der Waals surface area contributed by atoms with Crippen molar-refractivity contribution in [2.45, 2.75) is 76.5 Å². The lowest BCUT2D eigenvalue weighted by molar-refractivity contribution is 0.550. The van der Waals surface area contributed by atoms with Crippen molar-refractivity contribution in [2.75, 3.05) is 4.90 Å². The minimum absolute atomic E-state index is 0.0865. The fraction of sp³-hybridized carbons (Fsp3) is 0.222. The zero-order valence-corrected chi connectivity index (χ0v) is 32.8. The van der Waals surface area contributed by atoms with Gasteiger partial charge < -0.3 is 4.90 Å². The molecule has 1 nitrogen and oxygen atoms in total. The number of nitrogens with zero attached hydrogens (tertiary/aromatic N) is 1. The first-order valence-electron chi connectivity index (χ1n) is 20.2. The van der Waals surface area contributed by atoms with Crippen molar-refractivity contribution in [2.24, 2.45) is 0 Å². The van der Waals surface area contributed by atoms with Crippen molar-refractivity contribution in [3.63, 3.8) is 0 Å². The van der Waals surface area contributed by atoms with Gasteiger partial charge in [-0.05, 0) is 127 Å². The first kappa shape index (κ1) is 33.9. The van der Waals surface area contributed by atoms with Crippen molar-refractivity contribution >= 4 is 17.1 Å². The molecule has 0 unspecified atom stereocenters. The lowest BCUT2D eigenvalue weighted by atomic mass is 9.76. The Morgan fingerprint density at radius 3 is 1.58 bits per heavy atom. The highest BCUT2D eigenvalue weighted by atomic mass is 15.1. The predicted molar refractivity (Wildman–Crippen MR) is 233 cm³/mol. The normalized spacial score (nSPS) is 15.7. The van der Waals surface area contributed by atoms with Crippen LogP contribution in [0.5, 0.6) is 0 Å². The molecule has 3 aliphatic carbocycles. The fourth-order valence-corrected chi connectivity index (χ4v) is 10.5. The molecule has 0 heterocycles. The topological polar surface area (TPSA) is 3.24 Å². The van der Waals surface area contributed by atoms with Crippen molar-refractivity contribution < 1.29 is 0 Å². The van der Waals surface area contributed by atoms with Crippen LogP contribution in [0.25, 0.3) is 44.5 Å². The number of anilines is 3. The van der Waals surface area contributed by atoms with Gasteiger partial charge in [-0.1, -0.05) is 169 Å². The quantitative estimate of drug-likeness (QED) is 0.172. The molecule has 3 aliphatic rings. The van der Waals surface area contributed by atoms with Gasteiger partial charge in [0.2, 0.25) is 0 Å². The summed E-state index contributed by atoms with van der Waals surface area (Å²) in [6.45, 7) is 11.6. The molecule has 0 aliphatic heterocycles. The van der Waals surface area contributed by atoms with E-state index in [2.05, 4.69) is 197 Å². The number of hydrogen-bond donors (Lipinski definition) is 0. The van der Waals surface area contributed by atoms with Gasteiger partial charge in [-0.3, -0.25) is 0 Å². The van der Waals surface area contributed by atoms with E-state index < -0.39 is 0 Å². The van der Waals surface area contributed by atoms with Crippen LogP contribution in [0.1, 0.15) is 88.1 Å². The summed E-state index contributed by atoms with van der Waals surface area (Å²) in [4.78, 5) is 2.47. The smallest absolute Gasteiger partial charge is 0.0465 e. The molecular formula is C54H49N. The van der Waals surface area contributed by atoms with E-state index >= 15 is 0 Å². The molecule has 1 spiro atoms. The minimum Gasteiger partial charge on any atom is -0.310 e. The van der Waals surface area contributed by atoms with Crippen molar-refractivity contribution in [3.8, 4) is 44.5 Å². The second-order valence-corrected chi connectivity index (χ2v) is 17.7. The molecule has 1 fully saturated rings. The Kier molecular flexibility index (Phi) is 7.66. The summed E-state index contributed by atoms with van der Waals surface area (Å²) in [5, 5.41) is 0. The molecule has 7 aromatic rings. The zero-order valence-electron chi connectivity index (χ0n) is 32.8. The Labute approximate surface area is 327 Å². The largest absolute Gasteiger partial charge is 0.310 e. The molecule has 0 atom stereocenters. The third-order valence-corrected chi connectivity index (χ3v) is 13.2. The second-order valence-electron chi connectivity index (χ2n) is 17.7. The van der Waals surface area contributed by atoms with Gasteiger partial charge in [0.05, 0.1) is 0 Å². The molecule has 55 heavy (non-hydrogen) atoms. The van der Waals surface area contributed by atoms with E-state index in [4.69, 9.17) is 0 Å². The van der Waals surface area contributed by atoms with Gasteiger partial charge in [0.25, 0.3) is 0 Å². The molecule has 1 saturated carbocycles. The summed E-state index contributed by atoms with van der Waals surface area (Å²) in [6.07, 6.45) is 5.02. The first-order valence-corrected chi connectivity index (χ1v) is 20.2. The van der Waals surface area contributed by atoms with Gasteiger partial charge in [0, 0.05) is 27.9 Å². The maximum absolute atomic E-state index is 2.53. The third-order valence-electron chi connectivity index (χ3n) is 13.2. The highest BCUT2D eigenvalue weighted by Crippen LogP contribution is 2.58. The molecule has 0 aromatic heterocycles. The summed E-state index contributed by atoms with van der Waals surface area (Å²) in [6, 6.07) is 59.8. The number of benzene rings is 7. The second kappa shape index (κ2) is 12.4. The van der Waals surface area contributed by atoms with Crippen LogP contribution in [-0.2, 0) is 16.2 Å². The average Bonchev–Trinajstić information content (AvgIpc) is 3.88. The minimum atomic E-state index is -0.0865. The van der Waals surface area contributed by atoms with Gasteiger partial charge in [0.1, 0.15) is 0 Å². The Morgan fingerprint density at radius 1 is 0.436 bits per heavy atom. The Morgan fingerprint density at radius 2 is 0.927 bits per heavy atom. The van der Waals surface area contributed by atoms with E-state index in [0.717, 1.165) is 5.69 Å². The summed E-state index contributed by atoms with van der Waals surface area (Å²) < 4.78 is 0. The molecule has 0 bridgehead atoms. The SMILES string of the molecule is CC(C)(C)c1ccc(N(c2ccc(-c3ccccc3-c3cccc4c3C(C)(C)c3ccccc3-4)cc2)c2ccc3c(c2)C2(CCCC2)c2ccccc2-3)cc1. The van der Waals surface area contributed by atoms with E-state index in [1.165, 1.54) is 109 Å². The summed E-state index contributed by atoms with van der Waals surface area (Å²) in [7, 11) is 0. The molecular weight excluding hydrogens is 663 g/mol. The van der Waals surface area contributed by atoms with Crippen LogP contribution in [0.15, 0.2) is 158 Å². The molecule has 0 amide bonds. The van der Waals surface area contributed by atoms with Gasteiger partial charge in [-0.25, -0.2) is 0 Å². The summed E-state index contributed by atoms with van der Waals surface area (Å²) >= 11 is 0. The van der Waals surface area contributed by atoms with E-state index in [1.54, 1.807) is 0 Å². The van der Waals surface area contributed by atoms with Crippen molar-refractivity contribution in [1.82, 2.24) is 0 Å². The highest BCUT2D eigenvalue weighted by Gasteiger charge is 2.45. The molecule has 1 heteroatoms. The van der Waals surface area contributed by atoms with Crippen molar-refractivity contribution in [1.29, 1.82) is 0 Å². The Hall–Kier alpha value is -5.66. The van der Waals surface area contributed by atoms with Crippen LogP contribution in [0.2, 0.25) is 0 Å². The molecule has 270 valence electrons. The van der Waals surface area contributed by atoms with Crippen LogP contribution in [0.3, 0.4) is 0 Å². The maximum atomic E-state index is 2.53. The van der Waals surface area contributed by atoms with Gasteiger partial charge in [0.15, 0.2) is 0 Å². The van der Waals surface area contributed by atoms with Crippen LogP contribution in [0, 0.1) is 0 Å². The number of rotatable bonds is 5. The van der Waals surface area contributed by atoms with E-state index in [-0.39, 0.29) is 16.2 Å². The predicted octanol–water partition coefficient (Wildman–Crippen LogP) is 14.9. The number of hydrogen-bond acceptors (Lipinski definition) is 1. The standard InChI is InChI=1S/C54H49N/c1-52(2,3)37-25-29-39(30-26-37)55(40-31-32-45-43-17-9-11-22-49(43)54(50(45)35-40)33-12-13-34-54)38-27-23-36(24-28-38)41-15-6-7-16-42(41)46-19-14-20-47-44-18-8-10-21-48(44)53(4,5)51(46)47/h6-11,14-32,35H,12-13,33-34H2,1-5H3. The van der Waals surface area contributed by atoms with Crippen molar-refractivity contribution in [3.05, 3.63) is 186 Å². The maximum Gasteiger partial charge on any atom is 0.0465 e. The lowest BCUT2D eigenvalue weighted by Crippen LogP contribution is -2.21. The summed E-state index contributed by atoms with van der Waals surface area (Å²) in [5.74, 6) is 0. The first-order chi connectivity index (χ1) is 26.6. The third kappa shape index (κ3) is 5.20. The van der Waals surface area contributed by atoms with Gasteiger partial charge in [-0.2, -0.15) is 0 Å². The Balaban J connectivity index is 1.08. The van der Waals surface area contributed by atoms with Crippen LogP contribution < -0.4 is 4.90 Å². The zero-order chi connectivity index (χ0) is 37.5. The number of fused-ring (bicyclic) bond motifs is 8. The summed E-state index contributed by atoms with van der Waals surface area (Å²) in [5.41, 5.74) is 21.5. The van der Waals surface area contributed by atoms with E-state index in [1.807, 2.05) is 0 Å². The molecule has 7 aromatic carbocycles. The molecule has 10 rings (SSSR count). The monoisotopic (exact) mass is 711 g/mol. The van der Waals surface area contributed by atoms with Gasteiger partial charge >= 0.3 is 0 Å². The molecule has 0 N–H and O–H groups in total.